The Balaban J connectivity index is 1.30. The Morgan fingerprint density at radius 3 is 2.67 bits per heavy atom. The molecule has 2 saturated heterocycles. The van der Waals surface area contributed by atoms with Crippen LogP contribution in [0.25, 0.3) is 0 Å². The number of ether oxygens (including phenoxy) is 1. The first-order valence-corrected chi connectivity index (χ1v) is 11.7. The number of hydrogen-bond donors (Lipinski definition) is 2. The molecule has 7 nitrogen and oxygen atoms in total. The molecule has 0 spiro atoms. The van der Waals surface area contributed by atoms with Crippen LogP contribution in [0.2, 0.25) is 0 Å². The molecule has 1 unspecified atom stereocenters. The summed E-state index contributed by atoms with van der Waals surface area (Å²) in [6, 6.07) is 8.96. The highest BCUT2D eigenvalue weighted by molar-refractivity contribution is 7.10. The number of hydrogen-bond acceptors (Lipinski definition) is 6. The molecule has 2 N–H and O–H groups in total. The molecule has 2 aliphatic rings. The van der Waals surface area contributed by atoms with E-state index < -0.39 is 0 Å². The molecule has 0 aromatic carbocycles. The molecule has 30 heavy (non-hydrogen) atoms. The van der Waals surface area contributed by atoms with Crippen LogP contribution in [0.15, 0.2) is 40.8 Å². The number of aliphatic imine (C=N–C) groups is 1. The van der Waals surface area contributed by atoms with Crippen molar-refractivity contribution in [3.63, 3.8) is 0 Å². The minimum atomic E-state index is 0.328. The van der Waals surface area contributed by atoms with Gasteiger partial charge in [0.05, 0.1) is 19.3 Å². The van der Waals surface area contributed by atoms with Gasteiger partial charge in [-0.2, -0.15) is 0 Å². The fourth-order valence-corrected chi connectivity index (χ4v) is 4.89. The molecule has 0 bridgehead atoms. The van der Waals surface area contributed by atoms with Crippen molar-refractivity contribution in [1.82, 2.24) is 20.5 Å². The van der Waals surface area contributed by atoms with Crippen LogP contribution < -0.4 is 15.5 Å². The average molecular weight is 429 g/mol. The summed E-state index contributed by atoms with van der Waals surface area (Å²) in [7, 11) is 1.82. The van der Waals surface area contributed by atoms with E-state index in [4.69, 9.17) is 4.74 Å². The van der Waals surface area contributed by atoms with Crippen LogP contribution in [0.4, 0.5) is 5.82 Å². The van der Waals surface area contributed by atoms with Gasteiger partial charge in [-0.3, -0.25) is 9.89 Å². The van der Waals surface area contributed by atoms with Crippen LogP contribution in [0.1, 0.15) is 29.3 Å². The third kappa shape index (κ3) is 5.50. The number of guanidine groups is 1. The van der Waals surface area contributed by atoms with E-state index in [9.17, 15) is 0 Å². The first-order valence-electron chi connectivity index (χ1n) is 10.8. The van der Waals surface area contributed by atoms with Crippen molar-refractivity contribution in [2.75, 3.05) is 57.9 Å². The Hall–Kier alpha value is -2.16. The molecular formula is C22H32N6OS. The van der Waals surface area contributed by atoms with Crippen LogP contribution in [-0.2, 0) is 11.3 Å². The number of morpholine rings is 1. The van der Waals surface area contributed by atoms with Crippen LogP contribution in [0, 0.1) is 0 Å². The zero-order valence-electron chi connectivity index (χ0n) is 17.7. The number of pyridine rings is 1. The first kappa shape index (κ1) is 21.1. The Bertz CT molecular complexity index is 782. The molecule has 8 heteroatoms. The van der Waals surface area contributed by atoms with Crippen LogP contribution in [0.3, 0.4) is 0 Å². The normalized spacial score (nSPS) is 19.1. The monoisotopic (exact) mass is 428 g/mol. The quantitative estimate of drug-likeness (QED) is 0.522. The van der Waals surface area contributed by atoms with E-state index in [0.29, 0.717) is 12.6 Å². The highest BCUT2D eigenvalue weighted by atomic mass is 32.1. The van der Waals surface area contributed by atoms with E-state index >= 15 is 0 Å². The second-order valence-electron chi connectivity index (χ2n) is 7.71. The summed E-state index contributed by atoms with van der Waals surface area (Å²) in [6.45, 7) is 7.28. The van der Waals surface area contributed by atoms with Gasteiger partial charge in [-0.15, -0.1) is 11.3 Å². The number of aromatic nitrogens is 1. The van der Waals surface area contributed by atoms with Gasteiger partial charge >= 0.3 is 0 Å². The topological polar surface area (TPSA) is 65.0 Å². The minimum absolute atomic E-state index is 0.328. The molecule has 2 aromatic rings. The maximum atomic E-state index is 5.54. The SMILES string of the molecule is CN=C(NCc1ccc(N2CCCC2)nc1)NCC(c1cccs1)N1CCOCC1. The minimum Gasteiger partial charge on any atom is -0.379 e. The molecular weight excluding hydrogens is 396 g/mol. The highest BCUT2D eigenvalue weighted by Gasteiger charge is 2.23. The third-order valence-corrected chi connectivity index (χ3v) is 6.72. The van der Waals surface area contributed by atoms with Crippen molar-refractivity contribution in [2.45, 2.75) is 25.4 Å². The largest absolute Gasteiger partial charge is 0.379 e. The summed E-state index contributed by atoms with van der Waals surface area (Å²) in [5, 5.41) is 9.09. The van der Waals surface area contributed by atoms with Crippen LogP contribution in [0.5, 0.6) is 0 Å². The Labute approximate surface area is 183 Å². The van der Waals surface area contributed by atoms with Crippen LogP contribution >= 0.6 is 11.3 Å². The molecule has 2 fully saturated rings. The van der Waals surface area contributed by atoms with Crippen molar-refractivity contribution in [1.29, 1.82) is 0 Å². The molecule has 4 rings (SSSR count). The Morgan fingerprint density at radius 1 is 1.17 bits per heavy atom. The molecule has 0 aliphatic carbocycles. The predicted molar refractivity (Wildman–Crippen MR) is 123 cm³/mol. The fraction of sp³-hybridized carbons (Fsp3) is 0.545. The van der Waals surface area contributed by atoms with Crippen molar-refractivity contribution >= 4 is 23.1 Å². The fourth-order valence-electron chi connectivity index (χ4n) is 4.03. The van der Waals surface area contributed by atoms with Gasteiger partial charge in [0, 0.05) is 57.4 Å². The van der Waals surface area contributed by atoms with Gasteiger partial charge in [0.1, 0.15) is 5.82 Å². The smallest absolute Gasteiger partial charge is 0.191 e. The van der Waals surface area contributed by atoms with Gasteiger partial charge in [0.25, 0.3) is 0 Å². The van der Waals surface area contributed by atoms with E-state index in [1.807, 2.05) is 24.6 Å². The summed E-state index contributed by atoms with van der Waals surface area (Å²) in [5.41, 5.74) is 1.16. The summed E-state index contributed by atoms with van der Waals surface area (Å²) in [5.74, 6) is 1.90. The van der Waals surface area contributed by atoms with Crippen molar-refractivity contribution in [2.24, 2.45) is 4.99 Å². The number of nitrogens with zero attached hydrogens (tertiary/aromatic N) is 4. The molecule has 1 atom stereocenters. The average Bonchev–Trinajstić information content (AvgIpc) is 3.52. The van der Waals surface area contributed by atoms with Gasteiger partial charge in [0.2, 0.25) is 0 Å². The Kier molecular flexibility index (Phi) is 7.55. The van der Waals surface area contributed by atoms with E-state index in [-0.39, 0.29) is 0 Å². The zero-order valence-corrected chi connectivity index (χ0v) is 18.5. The van der Waals surface area contributed by atoms with Crippen molar-refractivity contribution in [3.8, 4) is 0 Å². The standard InChI is InChI=1S/C22H32N6OS/c1-23-22(25-16-18-6-7-21(24-15-18)28-8-2-3-9-28)26-17-19(20-5-4-14-30-20)27-10-12-29-13-11-27/h4-7,14-15,19H,2-3,8-13,16-17H2,1H3,(H2,23,25,26). The molecule has 4 heterocycles. The lowest BCUT2D eigenvalue weighted by atomic mass is 10.2. The van der Waals surface area contributed by atoms with E-state index in [1.165, 1.54) is 17.7 Å². The molecule has 0 radical (unpaired) electrons. The van der Waals surface area contributed by atoms with Crippen LogP contribution in [-0.4, -0.2) is 68.8 Å². The first-order chi connectivity index (χ1) is 14.8. The second kappa shape index (κ2) is 10.7. The molecule has 2 aliphatic heterocycles. The maximum Gasteiger partial charge on any atom is 0.191 e. The summed E-state index contributed by atoms with van der Waals surface area (Å²) in [4.78, 5) is 15.3. The van der Waals surface area contributed by atoms with Gasteiger partial charge in [-0.1, -0.05) is 12.1 Å². The van der Waals surface area contributed by atoms with Crippen molar-refractivity contribution in [3.05, 3.63) is 46.3 Å². The predicted octanol–water partition coefficient (Wildman–Crippen LogP) is 2.48. The number of thiophene rings is 1. The van der Waals surface area contributed by atoms with Gasteiger partial charge in [-0.05, 0) is 35.9 Å². The number of nitrogens with one attached hydrogen (secondary N) is 2. The zero-order chi connectivity index (χ0) is 20.6. The van der Waals surface area contributed by atoms with E-state index in [2.05, 4.69) is 60.1 Å². The summed E-state index contributed by atoms with van der Waals surface area (Å²) < 4.78 is 5.54. The molecule has 0 saturated carbocycles. The lowest BCUT2D eigenvalue weighted by Gasteiger charge is -2.34. The van der Waals surface area contributed by atoms with Gasteiger partial charge in [0.15, 0.2) is 5.96 Å². The molecule has 0 amide bonds. The van der Waals surface area contributed by atoms with E-state index in [1.54, 1.807) is 0 Å². The van der Waals surface area contributed by atoms with Gasteiger partial charge in [-0.25, -0.2) is 4.98 Å². The molecule has 162 valence electrons. The second-order valence-corrected chi connectivity index (χ2v) is 8.68. The lowest BCUT2D eigenvalue weighted by Crippen LogP contribution is -2.46. The lowest BCUT2D eigenvalue weighted by molar-refractivity contribution is 0.0177. The maximum absolute atomic E-state index is 5.54. The highest BCUT2D eigenvalue weighted by Crippen LogP contribution is 2.25. The van der Waals surface area contributed by atoms with E-state index in [0.717, 1.165) is 63.3 Å². The molecule has 2 aromatic heterocycles. The summed E-state index contributed by atoms with van der Waals surface area (Å²) >= 11 is 1.81. The third-order valence-electron chi connectivity index (χ3n) is 5.74. The number of rotatable bonds is 7. The summed E-state index contributed by atoms with van der Waals surface area (Å²) in [6.07, 6.45) is 4.50. The Morgan fingerprint density at radius 2 is 2.00 bits per heavy atom. The number of anilines is 1. The van der Waals surface area contributed by atoms with Crippen molar-refractivity contribution < 1.29 is 4.74 Å². The van der Waals surface area contributed by atoms with Gasteiger partial charge < -0.3 is 20.3 Å².